The van der Waals surface area contributed by atoms with E-state index in [1.54, 1.807) is 35.3 Å². The summed E-state index contributed by atoms with van der Waals surface area (Å²) in [6.45, 7) is 0.202. The summed E-state index contributed by atoms with van der Waals surface area (Å²) in [6.07, 6.45) is 12.7. The number of halogens is 1. The van der Waals surface area contributed by atoms with Gasteiger partial charge in [-0.15, -0.1) is 6.42 Å². The van der Waals surface area contributed by atoms with Crippen molar-refractivity contribution in [2.24, 2.45) is 0 Å². The van der Waals surface area contributed by atoms with Crippen molar-refractivity contribution in [2.75, 3.05) is 0 Å². The van der Waals surface area contributed by atoms with Gasteiger partial charge in [-0.2, -0.15) is 0 Å². The van der Waals surface area contributed by atoms with Gasteiger partial charge in [0.15, 0.2) is 0 Å². The van der Waals surface area contributed by atoms with Gasteiger partial charge in [-0.1, -0.05) is 85.0 Å². The lowest BCUT2D eigenvalue weighted by molar-refractivity contribution is -0.138. The summed E-state index contributed by atoms with van der Waals surface area (Å²) >= 11 is 6.60. The summed E-state index contributed by atoms with van der Waals surface area (Å²) in [5.74, 6) is 1.08. The number of hydrogen-bond donors (Lipinski definition) is 2. The molecule has 2 aromatic rings. The first-order chi connectivity index (χ1) is 18.0. The molecule has 1 fully saturated rings. The number of aliphatic hydroxyl groups excluding tert-OH is 1. The van der Waals surface area contributed by atoms with E-state index in [9.17, 15) is 14.7 Å². The lowest BCUT2D eigenvalue weighted by Gasteiger charge is -2.47. The topological polar surface area (TPSA) is 78.9 Å². The summed E-state index contributed by atoms with van der Waals surface area (Å²) in [5, 5.41) is 11.4. The van der Waals surface area contributed by atoms with Crippen molar-refractivity contribution in [1.29, 1.82) is 0 Å². The Balaban J connectivity index is 1.69. The number of benzene rings is 2. The number of carbonyl (C=O) groups is 2. The van der Waals surface area contributed by atoms with Crippen molar-refractivity contribution in [3.8, 4) is 12.3 Å². The van der Waals surface area contributed by atoms with Gasteiger partial charge in [-0.05, 0) is 42.2 Å². The van der Waals surface area contributed by atoms with Gasteiger partial charge in [0, 0.05) is 17.0 Å². The molecule has 1 saturated carbocycles. The SMILES string of the molecule is C#C/C=C\C=C(\Cl)CC1C(C(=O)NOCc2ccccc2)c2ccccc2C(=O)N1C1CCCCC1O. The normalized spacial score (nSPS) is 24.0. The van der Waals surface area contributed by atoms with Crippen LogP contribution in [0.2, 0.25) is 0 Å². The van der Waals surface area contributed by atoms with E-state index in [-0.39, 0.29) is 24.8 Å². The molecule has 2 amide bonds. The molecule has 4 unspecified atom stereocenters. The molecule has 0 radical (unpaired) electrons. The fraction of sp³-hybridized carbons (Fsp3) is 0.333. The Bertz CT molecular complexity index is 1200. The Morgan fingerprint density at radius 1 is 1.16 bits per heavy atom. The number of aliphatic hydroxyl groups is 1. The maximum Gasteiger partial charge on any atom is 0.254 e. The second kappa shape index (κ2) is 12.7. The molecule has 0 aromatic heterocycles. The van der Waals surface area contributed by atoms with Gasteiger partial charge in [0.25, 0.3) is 11.8 Å². The van der Waals surface area contributed by atoms with Crippen molar-refractivity contribution in [3.63, 3.8) is 0 Å². The number of hydrogen-bond acceptors (Lipinski definition) is 4. The molecule has 1 heterocycles. The Labute approximate surface area is 222 Å². The lowest BCUT2D eigenvalue weighted by atomic mass is 9.78. The number of nitrogens with zero attached hydrogens (tertiary/aromatic N) is 1. The molecule has 1 aliphatic heterocycles. The maximum absolute atomic E-state index is 13.8. The van der Waals surface area contributed by atoms with Gasteiger partial charge in [-0.25, -0.2) is 5.48 Å². The van der Waals surface area contributed by atoms with Crippen LogP contribution in [0.25, 0.3) is 0 Å². The number of rotatable bonds is 8. The zero-order chi connectivity index (χ0) is 26.2. The summed E-state index contributed by atoms with van der Waals surface area (Å²) in [6, 6.07) is 15.6. The number of amides is 2. The first kappa shape index (κ1) is 26.7. The van der Waals surface area contributed by atoms with Crippen molar-refractivity contribution in [3.05, 3.63) is 94.5 Å². The Morgan fingerprint density at radius 3 is 2.65 bits per heavy atom. The summed E-state index contributed by atoms with van der Waals surface area (Å²) in [4.78, 5) is 34.8. The van der Waals surface area contributed by atoms with E-state index >= 15 is 0 Å². The number of terminal acetylenes is 1. The molecule has 4 rings (SSSR count). The molecular weight excluding hydrogens is 488 g/mol. The number of hydroxylamine groups is 1. The first-order valence-corrected chi connectivity index (χ1v) is 12.9. The largest absolute Gasteiger partial charge is 0.391 e. The first-order valence-electron chi connectivity index (χ1n) is 12.5. The highest BCUT2D eigenvalue weighted by molar-refractivity contribution is 6.29. The molecule has 2 aliphatic rings. The van der Waals surface area contributed by atoms with Crippen LogP contribution >= 0.6 is 11.6 Å². The molecule has 0 bridgehead atoms. The average molecular weight is 519 g/mol. The molecular formula is C30H31ClN2O4. The van der Waals surface area contributed by atoms with Crippen LogP contribution in [0.3, 0.4) is 0 Å². The predicted molar refractivity (Wildman–Crippen MR) is 143 cm³/mol. The fourth-order valence-electron chi connectivity index (χ4n) is 5.27. The van der Waals surface area contributed by atoms with E-state index in [4.69, 9.17) is 22.9 Å². The highest BCUT2D eigenvalue weighted by Crippen LogP contribution is 2.40. The maximum atomic E-state index is 13.8. The molecule has 2 aromatic carbocycles. The molecule has 4 atom stereocenters. The molecule has 0 saturated heterocycles. The predicted octanol–water partition coefficient (Wildman–Crippen LogP) is 4.85. The van der Waals surface area contributed by atoms with Gasteiger partial charge in [-0.3, -0.25) is 14.4 Å². The van der Waals surface area contributed by atoms with E-state index in [2.05, 4.69) is 11.4 Å². The Kier molecular flexibility index (Phi) is 9.19. The molecule has 2 N–H and O–H groups in total. The molecule has 192 valence electrons. The third-order valence-electron chi connectivity index (χ3n) is 6.96. The fourth-order valence-corrected chi connectivity index (χ4v) is 5.50. The highest BCUT2D eigenvalue weighted by Gasteiger charge is 2.47. The zero-order valence-electron chi connectivity index (χ0n) is 20.6. The molecule has 7 heteroatoms. The van der Waals surface area contributed by atoms with Crippen LogP contribution in [0.4, 0.5) is 0 Å². The summed E-state index contributed by atoms with van der Waals surface area (Å²) in [7, 11) is 0. The molecule has 0 spiro atoms. The van der Waals surface area contributed by atoms with Crippen molar-refractivity contribution in [1.82, 2.24) is 10.4 Å². The van der Waals surface area contributed by atoms with Gasteiger partial charge in [0.1, 0.15) is 0 Å². The lowest BCUT2D eigenvalue weighted by Crippen LogP contribution is -2.59. The summed E-state index contributed by atoms with van der Waals surface area (Å²) in [5.41, 5.74) is 4.58. The minimum atomic E-state index is -0.752. The highest BCUT2D eigenvalue weighted by atomic mass is 35.5. The monoisotopic (exact) mass is 518 g/mol. The molecule has 1 aliphatic carbocycles. The van der Waals surface area contributed by atoms with Crippen LogP contribution in [0.15, 0.2) is 77.9 Å². The van der Waals surface area contributed by atoms with E-state index in [1.807, 2.05) is 36.4 Å². The molecule has 6 nitrogen and oxygen atoms in total. The van der Waals surface area contributed by atoms with Crippen LogP contribution < -0.4 is 5.48 Å². The smallest absolute Gasteiger partial charge is 0.254 e. The number of nitrogens with one attached hydrogen (secondary N) is 1. The minimum Gasteiger partial charge on any atom is -0.391 e. The van der Waals surface area contributed by atoms with Gasteiger partial charge < -0.3 is 10.0 Å². The zero-order valence-corrected chi connectivity index (χ0v) is 21.3. The van der Waals surface area contributed by atoms with Gasteiger partial charge in [0.05, 0.1) is 30.7 Å². The third kappa shape index (κ3) is 6.31. The van der Waals surface area contributed by atoms with Crippen molar-refractivity contribution < 1.29 is 19.5 Å². The van der Waals surface area contributed by atoms with Crippen LogP contribution in [-0.2, 0) is 16.2 Å². The van der Waals surface area contributed by atoms with Gasteiger partial charge in [0.2, 0.25) is 0 Å². The minimum absolute atomic E-state index is 0.202. The Hall–Kier alpha value is -3.37. The number of carbonyl (C=O) groups excluding carboxylic acids is 2. The van der Waals surface area contributed by atoms with Crippen LogP contribution in [0, 0.1) is 12.3 Å². The second-order valence-corrected chi connectivity index (χ2v) is 9.83. The second-order valence-electron chi connectivity index (χ2n) is 9.35. The van der Waals surface area contributed by atoms with Crippen LogP contribution in [-0.4, -0.2) is 40.0 Å². The van der Waals surface area contributed by atoms with Crippen LogP contribution in [0.5, 0.6) is 0 Å². The quantitative estimate of drug-likeness (QED) is 0.297. The van der Waals surface area contributed by atoms with Gasteiger partial charge >= 0.3 is 0 Å². The van der Waals surface area contributed by atoms with E-state index in [0.717, 1.165) is 18.4 Å². The molecule has 37 heavy (non-hydrogen) atoms. The number of fused-ring (bicyclic) bond motifs is 1. The van der Waals surface area contributed by atoms with Crippen molar-refractivity contribution in [2.45, 2.75) is 62.8 Å². The number of allylic oxidation sites excluding steroid dienone is 3. The van der Waals surface area contributed by atoms with E-state index < -0.39 is 24.1 Å². The standard InChI is InChI=1S/C30H31ClN2O4/c1-2-3-5-14-22(31)19-26-28(29(35)32-37-20-21-12-6-4-7-13-21)23-15-8-9-16-24(23)30(36)33(26)25-17-10-11-18-27(25)34/h1,3-9,12-16,25-28,34H,10-11,17-20H2,(H,32,35)/b5-3-,22-14+. The van der Waals surface area contributed by atoms with Crippen molar-refractivity contribution >= 4 is 23.4 Å². The van der Waals surface area contributed by atoms with E-state index in [1.165, 1.54) is 6.08 Å². The third-order valence-corrected chi connectivity index (χ3v) is 7.24. The average Bonchev–Trinajstić information content (AvgIpc) is 2.90. The van der Waals surface area contributed by atoms with E-state index in [0.29, 0.717) is 29.0 Å². The Morgan fingerprint density at radius 2 is 1.89 bits per heavy atom. The summed E-state index contributed by atoms with van der Waals surface area (Å²) < 4.78 is 0. The van der Waals surface area contributed by atoms with Crippen LogP contribution in [0.1, 0.15) is 59.5 Å².